The molecule has 0 aliphatic carbocycles. The Morgan fingerprint density at radius 1 is 1.12 bits per heavy atom. The summed E-state index contributed by atoms with van der Waals surface area (Å²) < 4.78 is 7.20. The zero-order valence-electron chi connectivity index (χ0n) is 13.6. The monoisotopic (exact) mass is 334 g/mol. The number of fused-ring (bicyclic) bond motifs is 2. The van der Waals surface area contributed by atoms with E-state index in [1.54, 1.807) is 36.4 Å². The first-order chi connectivity index (χ1) is 12.0. The second-order valence-corrected chi connectivity index (χ2v) is 5.99. The van der Waals surface area contributed by atoms with Crippen LogP contribution in [0.3, 0.4) is 0 Å². The molecule has 2 heterocycles. The van der Waals surface area contributed by atoms with Crippen molar-refractivity contribution in [2.45, 2.75) is 6.92 Å². The van der Waals surface area contributed by atoms with Crippen LogP contribution in [-0.4, -0.2) is 9.49 Å². The van der Waals surface area contributed by atoms with Gasteiger partial charge < -0.3 is 14.5 Å². The highest BCUT2D eigenvalue weighted by Gasteiger charge is 2.30. The van der Waals surface area contributed by atoms with Gasteiger partial charge in [0.25, 0.3) is 0 Å². The molecule has 0 unspecified atom stereocenters. The van der Waals surface area contributed by atoms with E-state index in [0.717, 1.165) is 5.56 Å². The zero-order valence-corrected chi connectivity index (χ0v) is 13.6. The van der Waals surface area contributed by atoms with E-state index in [1.165, 1.54) is 11.6 Å². The molecule has 0 saturated heterocycles. The molecular weight excluding hydrogens is 320 g/mol. The topological polar surface area (TPSA) is 78.3 Å². The van der Waals surface area contributed by atoms with Crippen molar-refractivity contribution in [1.29, 1.82) is 0 Å². The average Bonchev–Trinajstić information content (AvgIpc) is 2.90. The second-order valence-electron chi connectivity index (χ2n) is 5.99. The lowest BCUT2D eigenvalue weighted by Gasteiger charge is -2.01. The van der Waals surface area contributed by atoms with Crippen LogP contribution in [0.2, 0.25) is 0 Å². The number of hydrogen-bond acceptors (Lipinski definition) is 4. The summed E-state index contributed by atoms with van der Waals surface area (Å²) in [6, 6.07) is 14.2. The molecule has 0 aliphatic heterocycles. The Hall–Kier alpha value is -3.41. The van der Waals surface area contributed by atoms with E-state index >= 15 is 0 Å². The Morgan fingerprint density at radius 2 is 1.84 bits per heavy atom. The van der Waals surface area contributed by atoms with Crippen LogP contribution < -0.4 is 5.43 Å². The van der Waals surface area contributed by atoms with E-state index in [1.807, 2.05) is 19.1 Å². The molecule has 4 aromatic rings. The molecule has 0 bridgehead atoms. The minimum absolute atomic E-state index is 0.158. The molecule has 6 nitrogen and oxygen atoms in total. The summed E-state index contributed by atoms with van der Waals surface area (Å²) in [5, 5.41) is 12.3. The summed E-state index contributed by atoms with van der Waals surface area (Å²) in [6.45, 7) is 1.88. The molecule has 0 radical (unpaired) electrons. The van der Waals surface area contributed by atoms with Crippen LogP contribution in [0, 0.1) is 17.0 Å². The van der Waals surface area contributed by atoms with Crippen LogP contribution in [0.15, 0.2) is 57.7 Å². The number of hydrogen-bond donors (Lipinski definition) is 0. The Balaban J connectivity index is 2.28. The second kappa shape index (κ2) is 5.31. The van der Waals surface area contributed by atoms with Gasteiger partial charge in [-0.05, 0) is 29.5 Å². The highest BCUT2D eigenvalue weighted by atomic mass is 16.6. The van der Waals surface area contributed by atoms with Crippen LogP contribution in [0.5, 0.6) is 0 Å². The van der Waals surface area contributed by atoms with Gasteiger partial charge >= 0.3 is 11.5 Å². The predicted octanol–water partition coefficient (Wildman–Crippen LogP) is 4.17. The van der Waals surface area contributed by atoms with Crippen LogP contribution in [-0.2, 0) is 7.05 Å². The molecular formula is C19H14N2O4. The average molecular weight is 334 g/mol. The Bertz CT molecular complexity index is 1200. The van der Waals surface area contributed by atoms with Gasteiger partial charge in [0.05, 0.1) is 18.0 Å². The Labute approximate surface area is 142 Å². The number of nitro groups is 1. The van der Waals surface area contributed by atoms with E-state index in [-0.39, 0.29) is 22.3 Å². The third-order valence-electron chi connectivity index (χ3n) is 4.36. The smallest absolute Gasteiger partial charge is 0.334 e. The van der Waals surface area contributed by atoms with Crippen molar-refractivity contribution in [2.75, 3.05) is 0 Å². The first kappa shape index (κ1) is 15.1. The predicted molar refractivity (Wildman–Crippen MR) is 95.8 cm³/mol. The maximum atomic E-state index is 13.1. The van der Waals surface area contributed by atoms with Crippen molar-refractivity contribution >= 4 is 27.9 Å². The molecule has 124 valence electrons. The first-order valence-corrected chi connectivity index (χ1v) is 7.74. The molecule has 0 aliphatic rings. The molecule has 0 atom stereocenters. The zero-order chi connectivity index (χ0) is 17.7. The molecule has 2 aromatic carbocycles. The highest BCUT2D eigenvalue weighted by molar-refractivity contribution is 6.02. The van der Waals surface area contributed by atoms with Crippen molar-refractivity contribution in [3.8, 4) is 11.1 Å². The fourth-order valence-corrected chi connectivity index (χ4v) is 3.22. The Morgan fingerprint density at radius 3 is 2.52 bits per heavy atom. The molecule has 25 heavy (non-hydrogen) atoms. The molecule has 4 rings (SSSR count). The summed E-state index contributed by atoms with van der Waals surface area (Å²) in [5.41, 5.74) is 2.18. The Kier molecular flexibility index (Phi) is 3.21. The molecule has 2 aromatic heterocycles. The lowest BCUT2D eigenvalue weighted by Crippen LogP contribution is -2.03. The molecule has 6 heteroatoms. The quantitative estimate of drug-likeness (QED) is 0.407. The van der Waals surface area contributed by atoms with E-state index in [2.05, 4.69) is 0 Å². The van der Waals surface area contributed by atoms with Crippen LogP contribution in [0.25, 0.3) is 33.2 Å². The van der Waals surface area contributed by atoms with Gasteiger partial charge in [-0.15, -0.1) is 0 Å². The maximum absolute atomic E-state index is 13.1. The fraction of sp³-hybridized carbons (Fsp3) is 0.105. The summed E-state index contributed by atoms with van der Waals surface area (Å²) in [6.07, 6.45) is 0. The molecule has 0 amide bonds. The van der Waals surface area contributed by atoms with E-state index < -0.39 is 4.92 Å². The van der Waals surface area contributed by atoms with Crippen molar-refractivity contribution < 1.29 is 9.34 Å². The summed E-state index contributed by atoms with van der Waals surface area (Å²) in [5.74, 6) is -0.158. The normalized spacial score (nSPS) is 11.3. The van der Waals surface area contributed by atoms with Gasteiger partial charge in [0.2, 0.25) is 5.43 Å². The fourth-order valence-electron chi connectivity index (χ4n) is 3.22. The lowest BCUT2D eigenvalue weighted by atomic mass is 10.0. The van der Waals surface area contributed by atoms with Crippen molar-refractivity contribution in [3.63, 3.8) is 0 Å². The van der Waals surface area contributed by atoms with Gasteiger partial charge in [0, 0.05) is 0 Å². The number of aryl methyl sites for hydroxylation is 2. The lowest BCUT2D eigenvalue weighted by molar-refractivity contribution is -0.390. The number of aromatic nitrogens is 1. The van der Waals surface area contributed by atoms with Crippen LogP contribution in [0.1, 0.15) is 5.56 Å². The van der Waals surface area contributed by atoms with E-state index in [9.17, 15) is 14.9 Å². The van der Waals surface area contributed by atoms with Crippen LogP contribution in [0.4, 0.5) is 5.82 Å². The largest absolute Gasteiger partial charge is 0.422 e. The van der Waals surface area contributed by atoms with Crippen LogP contribution >= 0.6 is 0 Å². The summed E-state index contributed by atoms with van der Waals surface area (Å²) >= 11 is 0. The summed E-state index contributed by atoms with van der Waals surface area (Å²) in [7, 11) is 1.54. The van der Waals surface area contributed by atoms with Crippen molar-refractivity contribution in [2.24, 2.45) is 7.05 Å². The van der Waals surface area contributed by atoms with E-state index in [4.69, 9.17) is 4.42 Å². The molecule has 0 N–H and O–H groups in total. The minimum atomic E-state index is -0.479. The molecule has 0 fully saturated rings. The number of nitrogens with zero attached hydrogens (tertiary/aromatic N) is 2. The summed E-state index contributed by atoms with van der Waals surface area (Å²) in [4.78, 5) is 24.3. The van der Waals surface area contributed by atoms with Crippen molar-refractivity contribution in [1.82, 2.24) is 4.57 Å². The van der Waals surface area contributed by atoms with Gasteiger partial charge in [-0.25, -0.2) is 0 Å². The van der Waals surface area contributed by atoms with E-state index in [0.29, 0.717) is 22.1 Å². The highest BCUT2D eigenvalue weighted by Crippen LogP contribution is 2.38. The van der Waals surface area contributed by atoms with Gasteiger partial charge in [-0.1, -0.05) is 42.0 Å². The van der Waals surface area contributed by atoms with Gasteiger partial charge in [0.15, 0.2) is 0 Å². The minimum Gasteiger partial charge on any atom is -0.422 e. The molecule has 0 spiro atoms. The van der Waals surface area contributed by atoms with Gasteiger partial charge in [0.1, 0.15) is 11.0 Å². The first-order valence-electron chi connectivity index (χ1n) is 7.74. The third-order valence-corrected chi connectivity index (χ3v) is 4.36. The van der Waals surface area contributed by atoms with Gasteiger partial charge in [-0.3, -0.25) is 4.79 Å². The SMILES string of the molecule is Cc1ccc2oc3c(c(-c4ccccc4)c([N+](=O)[O-])n3C)c(=O)c2c1. The standard InChI is InChI=1S/C19H14N2O4/c1-11-8-9-14-13(10-11)17(22)16-15(12-6-4-3-5-7-12)18(21(23)24)20(2)19(16)25-14/h3-10H,1-2H3. The third kappa shape index (κ3) is 2.15. The molecule has 0 saturated carbocycles. The van der Waals surface area contributed by atoms with Gasteiger partial charge in [-0.2, -0.15) is 4.57 Å². The van der Waals surface area contributed by atoms with Crippen molar-refractivity contribution in [3.05, 3.63) is 74.4 Å². The maximum Gasteiger partial charge on any atom is 0.334 e. The number of rotatable bonds is 2. The number of benzene rings is 2.